The molecule has 0 amide bonds. The van der Waals surface area contributed by atoms with Gasteiger partial charge in [0, 0.05) is 5.57 Å². The van der Waals surface area contributed by atoms with Crippen molar-refractivity contribution >= 4 is 0 Å². The van der Waals surface area contributed by atoms with E-state index in [9.17, 15) is 0 Å². The van der Waals surface area contributed by atoms with Gasteiger partial charge in [-0.05, 0) is 17.9 Å². The Morgan fingerprint density at radius 1 is 1.50 bits per heavy atom. The smallest absolute Gasteiger partial charge is 0.106 e. The lowest BCUT2D eigenvalue weighted by Crippen LogP contribution is -2.17. The van der Waals surface area contributed by atoms with Crippen LogP contribution in [-0.4, -0.2) is 12.1 Å². The lowest BCUT2D eigenvalue weighted by molar-refractivity contribution is 0.525. The Balaban J connectivity index is 2.31. The predicted octanol–water partition coefficient (Wildman–Crippen LogP) is 2.18. The van der Waals surface area contributed by atoms with Crippen molar-refractivity contribution in [3.8, 4) is 12.3 Å². The summed E-state index contributed by atoms with van der Waals surface area (Å²) in [7, 11) is 0. The van der Waals surface area contributed by atoms with Gasteiger partial charge in [0.2, 0.25) is 0 Å². The Labute approximate surface area is 72.8 Å². The number of terminal acetylenes is 1. The molecule has 2 nitrogen and oxygen atoms in total. The number of azo groups is 1. The summed E-state index contributed by atoms with van der Waals surface area (Å²) in [6.07, 6.45) is 6.49. The van der Waals surface area contributed by atoms with E-state index >= 15 is 0 Å². The van der Waals surface area contributed by atoms with Gasteiger partial charge in [-0.1, -0.05) is 19.8 Å². The van der Waals surface area contributed by atoms with E-state index in [0.29, 0.717) is 12.0 Å². The number of rotatable bonds is 1. The Morgan fingerprint density at radius 3 is 2.83 bits per heavy atom. The number of nitrogens with zero attached hydrogens (tertiary/aromatic N) is 2. The van der Waals surface area contributed by atoms with Gasteiger partial charge in [-0.3, -0.25) is 0 Å². The van der Waals surface area contributed by atoms with Gasteiger partial charge in [0.1, 0.15) is 6.04 Å². The topological polar surface area (TPSA) is 24.7 Å². The lowest BCUT2D eigenvalue weighted by atomic mass is 9.96. The van der Waals surface area contributed by atoms with Gasteiger partial charge in [-0.15, -0.1) is 6.42 Å². The molecule has 2 heteroatoms. The van der Waals surface area contributed by atoms with Crippen LogP contribution in [-0.2, 0) is 0 Å². The quantitative estimate of drug-likeness (QED) is 0.525. The summed E-state index contributed by atoms with van der Waals surface area (Å²) in [6, 6.07) is 0.509. The molecule has 1 saturated carbocycles. The van der Waals surface area contributed by atoms with E-state index in [1.807, 2.05) is 0 Å². The van der Waals surface area contributed by atoms with Crippen molar-refractivity contribution in [1.29, 1.82) is 0 Å². The highest BCUT2D eigenvalue weighted by molar-refractivity contribution is 5.48. The Bertz CT molecular complexity index is 304. The van der Waals surface area contributed by atoms with Crippen molar-refractivity contribution in [2.75, 3.05) is 0 Å². The van der Waals surface area contributed by atoms with Crippen LogP contribution in [0.2, 0.25) is 0 Å². The minimum absolute atomic E-state index is 0.156. The van der Waals surface area contributed by atoms with Gasteiger partial charge in [0.05, 0.1) is 6.04 Å². The molecule has 0 bridgehead atoms. The van der Waals surface area contributed by atoms with Crippen LogP contribution in [0.15, 0.2) is 21.4 Å². The molecular weight excluding hydrogens is 148 g/mol. The first-order valence-corrected chi connectivity index (χ1v) is 4.33. The van der Waals surface area contributed by atoms with E-state index in [0.717, 1.165) is 12.0 Å². The van der Waals surface area contributed by atoms with Gasteiger partial charge in [-0.2, -0.15) is 10.2 Å². The zero-order valence-electron chi connectivity index (χ0n) is 7.41. The molecular formula is C10H12N2. The summed E-state index contributed by atoms with van der Waals surface area (Å²) in [6.45, 7) is 4.26. The molecule has 12 heavy (non-hydrogen) atoms. The second kappa shape index (κ2) is 2.45. The molecule has 2 atom stereocenters. The fourth-order valence-corrected chi connectivity index (χ4v) is 1.59. The highest BCUT2D eigenvalue weighted by atomic mass is 15.2. The van der Waals surface area contributed by atoms with Crippen LogP contribution in [0, 0.1) is 18.3 Å². The highest BCUT2D eigenvalue weighted by Crippen LogP contribution is 2.42. The highest BCUT2D eigenvalue weighted by Gasteiger charge is 2.39. The SMILES string of the molecule is C#CC1=C2CC2N=NC1C(C)C. The third-order valence-electron chi connectivity index (χ3n) is 2.41. The molecule has 62 valence electrons. The second-order valence-electron chi connectivity index (χ2n) is 3.72. The van der Waals surface area contributed by atoms with Crippen LogP contribution in [0.3, 0.4) is 0 Å². The fourth-order valence-electron chi connectivity index (χ4n) is 1.59. The molecule has 1 fully saturated rings. The molecule has 0 N–H and O–H groups in total. The molecule has 2 aliphatic rings. The maximum atomic E-state index is 5.44. The van der Waals surface area contributed by atoms with Crippen molar-refractivity contribution in [2.45, 2.75) is 32.4 Å². The zero-order chi connectivity index (χ0) is 8.72. The predicted molar refractivity (Wildman–Crippen MR) is 47.7 cm³/mol. The van der Waals surface area contributed by atoms with Crippen molar-refractivity contribution < 1.29 is 0 Å². The largest absolute Gasteiger partial charge is 0.185 e. The third kappa shape index (κ3) is 0.972. The normalized spacial score (nSPS) is 31.8. The third-order valence-corrected chi connectivity index (χ3v) is 2.41. The van der Waals surface area contributed by atoms with Crippen LogP contribution in [0.5, 0.6) is 0 Å². The van der Waals surface area contributed by atoms with E-state index in [-0.39, 0.29) is 6.04 Å². The first kappa shape index (κ1) is 7.54. The van der Waals surface area contributed by atoms with Gasteiger partial charge in [-0.25, -0.2) is 0 Å². The maximum Gasteiger partial charge on any atom is 0.106 e. The second-order valence-corrected chi connectivity index (χ2v) is 3.72. The first-order chi connectivity index (χ1) is 5.74. The summed E-state index contributed by atoms with van der Waals surface area (Å²) < 4.78 is 0. The summed E-state index contributed by atoms with van der Waals surface area (Å²) in [5, 5.41) is 8.40. The van der Waals surface area contributed by atoms with Crippen molar-refractivity contribution in [3.63, 3.8) is 0 Å². The molecule has 2 rings (SSSR count). The zero-order valence-corrected chi connectivity index (χ0v) is 7.41. The molecule has 1 aliphatic carbocycles. The minimum atomic E-state index is 0.156. The Hall–Kier alpha value is -1.10. The van der Waals surface area contributed by atoms with Crippen LogP contribution in [0.25, 0.3) is 0 Å². The Kier molecular flexibility index (Phi) is 1.54. The van der Waals surface area contributed by atoms with E-state index in [2.05, 4.69) is 30.0 Å². The fraction of sp³-hybridized carbons (Fsp3) is 0.600. The summed E-state index contributed by atoms with van der Waals surface area (Å²) in [4.78, 5) is 0. The monoisotopic (exact) mass is 160 g/mol. The average Bonchev–Trinajstić information content (AvgIpc) is 2.79. The van der Waals surface area contributed by atoms with Crippen LogP contribution < -0.4 is 0 Å². The van der Waals surface area contributed by atoms with E-state index in [1.165, 1.54) is 5.57 Å². The molecule has 0 radical (unpaired) electrons. The standard InChI is InChI=1S/C10H12N2/c1-4-7-8-5-9(8)11-12-10(7)6(2)3/h1,6,9-10H,5H2,2-3H3. The van der Waals surface area contributed by atoms with Crippen molar-refractivity contribution in [1.82, 2.24) is 0 Å². The van der Waals surface area contributed by atoms with Gasteiger partial charge in [0.25, 0.3) is 0 Å². The number of fused-ring (bicyclic) bond motifs is 1. The maximum absolute atomic E-state index is 5.44. The van der Waals surface area contributed by atoms with E-state index in [1.54, 1.807) is 0 Å². The summed E-state index contributed by atoms with van der Waals surface area (Å²) >= 11 is 0. The molecule has 0 aromatic carbocycles. The van der Waals surface area contributed by atoms with Crippen LogP contribution in [0.1, 0.15) is 20.3 Å². The number of hydrogen-bond acceptors (Lipinski definition) is 2. The molecule has 0 aromatic rings. The van der Waals surface area contributed by atoms with E-state index < -0.39 is 0 Å². The average molecular weight is 160 g/mol. The summed E-state index contributed by atoms with van der Waals surface area (Å²) in [5.74, 6) is 3.22. The van der Waals surface area contributed by atoms with E-state index in [4.69, 9.17) is 6.42 Å². The summed E-state index contributed by atoms with van der Waals surface area (Å²) in [5.41, 5.74) is 2.45. The van der Waals surface area contributed by atoms with Gasteiger partial charge < -0.3 is 0 Å². The molecule has 1 aliphatic heterocycles. The van der Waals surface area contributed by atoms with Gasteiger partial charge in [0.15, 0.2) is 0 Å². The minimum Gasteiger partial charge on any atom is -0.185 e. The van der Waals surface area contributed by atoms with Crippen molar-refractivity contribution in [3.05, 3.63) is 11.1 Å². The lowest BCUT2D eigenvalue weighted by Gasteiger charge is -2.17. The number of hydrogen-bond donors (Lipinski definition) is 0. The van der Waals surface area contributed by atoms with Crippen LogP contribution >= 0.6 is 0 Å². The molecule has 0 saturated heterocycles. The first-order valence-electron chi connectivity index (χ1n) is 4.33. The molecule has 0 spiro atoms. The van der Waals surface area contributed by atoms with Crippen LogP contribution in [0.4, 0.5) is 0 Å². The van der Waals surface area contributed by atoms with Crippen molar-refractivity contribution in [2.24, 2.45) is 16.1 Å². The molecule has 0 aromatic heterocycles. The molecule has 1 heterocycles. The Morgan fingerprint density at radius 2 is 2.25 bits per heavy atom. The van der Waals surface area contributed by atoms with Gasteiger partial charge >= 0.3 is 0 Å². The molecule has 2 unspecified atom stereocenters.